The molecular weight excluding hydrogens is 120 g/mol. The summed E-state index contributed by atoms with van der Waals surface area (Å²) in [5.41, 5.74) is 3.90. The Bertz CT molecular complexity index is 223. The fourth-order valence-electron chi connectivity index (χ4n) is 1.12. The monoisotopic (exact) mass is 133 g/mol. The maximum absolute atomic E-state index is 3.93. The highest BCUT2D eigenvalue weighted by Gasteiger charge is 1.95. The molecule has 0 N–H and O–H groups in total. The molecule has 0 aromatic heterocycles. The Balaban J connectivity index is 3.14. The molecule has 0 aliphatic rings. The van der Waals surface area contributed by atoms with Gasteiger partial charge in [0, 0.05) is 0 Å². The van der Waals surface area contributed by atoms with Crippen molar-refractivity contribution in [2.45, 2.75) is 20.3 Å². The summed E-state index contributed by atoms with van der Waals surface area (Å²) in [4.78, 5) is 0. The Morgan fingerprint density at radius 1 is 1.40 bits per heavy atom. The van der Waals surface area contributed by atoms with Gasteiger partial charge in [0.25, 0.3) is 0 Å². The molecule has 0 heteroatoms. The Kier molecular flexibility index (Phi) is 2.10. The number of hydrogen-bond acceptors (Lipinski definition) is 0. The van der Waals surface area contributed by atoms with Gasteiger partial charge in [-0.05, 0) is 37.0 Å². The summed E-state index contributed by atoms with van der Waals surface area (Å²) in [6.07, 6.45) is 1.11. The normalized spacial score (nSPS) is 9.90. The molecule has 0 unspecified atom stereocenters. The van der Waals surface area contributed by atoms with Crippen molar-refractivity contribution >= 4 is 0 Å². The second kappa shape index (κ2) is 2.87. The van der Waals surface area contributed by atoms with Gasteiger partial charge in [-0.25, -0.2) is 0 Å². The van der Waals surface area contributed by atoms with E-state index >= 15 is 0 Å². The molecule has 1 aromatic carbocycles. The minimum Gasteiger partial charge on any atom is -0.0617 e. The molecule has 0 saturated heterocycles. The summed E-state index contributed by atoms with van der Waals surface area (Å²) < 4.78 is 0. The zero-order chi connectivity index (χ0) is 7.56. The van der Waals surface area contributed by atoms with E-state index in [1.807, 2.05) is 0 Å². The summed E-state index contributed by atoms with van der Waals surface area (Å²) in [7, 11) is 0. The molecule has 1 radical (unpaired) electrons. The predicted octanol–water partition coefficient (Wildman–Crippen LogP) is 2.74. The van der Waals surface area contributed by atoms with E-state index in [0.717, 1.165) is 12.0 Å². The molecule has 0 aliphatic heterocycles. The first kappa shape index (κ1) is 7.33. The molecule has 1 rings (SSSR count). The molecule has 0 aliphatic carbocycles. The van der Waals surface area contributed by atoms with Gasteiger partial charge in [-0.2, -0.15) is 0 Å². The maximum Gasteiger partial charge on any atom is -0.0235 e. The standard InChI is InChI=1S/C10H13/c1-4-10-7-5-6-8(2)9(10)3/h5-7H,2,4H2,1,3H3. The summed E-state index contributed by atoms with van der Waals surface area (Å²) in [5.74, 6) is 0. The number of benzene rings is 1. The van der Waals surface area contributed by atoms with Crippen molar-refractivity contribution in [2.24, 2.45) is 0 Å². The van der Waals surface area contributed by atoms with E-state index in [0.29, 0.717) is 0 Å². The average Bonchev–Trinajstić information content (AvgIpc) is 1.95. The summed E-state index contributed by atoms with van der Waals surface area (Å²) in [5, 5.41) is 0. The van der Waals surface area contributed by atoms with Crippen molar-refractivity contribution in [3.63, 3.8) is 0 Å². The fourth-order valence-corrected chi connectivity index (χ4v) is 1.12. The van der Waals surface area contributed by atoms with Crippen LogP contribution in [0.5, 0.6) is 0 Å². The summed E-state index contributed by atoms with van der Waals surface area (Å²) in [6.45, 7) is 8.22. The lowest BCUT2D eigenvalue weighted by Crippen LogP contribution is -1.88. The zero-order valence-corrected chi connectivity index (χ0v) is 6.65. The Hall–Kier alpha value is -0.780. The van der Waals surface area contributed by atoms with Gasteiger partial charge in [-0.1, -0.05) is 25.1 Å². The molecule has 0 bridgehead atoms. The molecule has 0 amide bonds. The predicted molar refractivity (Wildman–Crippen MR) is 45.0 cm³/mol. The first-order chi connectivity index (χ1) is 4.75. The van der Waals surface area contributed by atoms with Crippen LogP contribution in [0.1, 0.15) is 23.6 Å². The first-order valence-corrected chi connectivity index (χ1v) is 3.66. The highest BCUT2D eigenvalue weighted by Crippen LogP contribution is 2.12. The van der Waals surface area contributed by atoms with Crippen LogP contribution in [-0.2, 0) is 6.42 Å². The number of hydrogen-bond donors (Lipinski definition) is 0. The third-order valence-electron chi connectivity index (χ3n) is 1.94. The molecule has 0 heterocycles. The van der Waals surface area contributed by atoms with Gasteiger partial charge in [0.05, 0.1) is 0 Å². The van der Waals surface area contributed by atoms with Crippen LogP contribution >= 0.6 is 0 Å². The Labute approximate surface area is 62.9 Å². The van der Waals surface area contributed by atoms with Crippen LogP contribution in [0, 0.1) is 13.8 Å². The average molecular weight is 133 g/mol. The smallest absolute Gasteiger partial charge is 0.0235 e. The van der Waals surface area contributed by atoms with Crippen LogP contribution in [0.2, 0.25) is 0 Å². The lowest BCUT2D eigenvalue weighted by Gasteiger charge is -2.04. The Morgan fingerprint density at radius 2 is 2.10 bits per heavy atom. The quantitative estimate of drug-likeness (QED) is 0.552. The van der Waals surface area contributed by atoms with Crippen molar-refractivity contribution in [3.05, 3.63) is 41.8 Å². The van der Waals surface area contributed by atoms with Gasteiger partial charge in [0.15, 0.2) is 0 Å². The van der Waals surface area contributed by atoms with Crippen molar-refractivity contribution in [1.82, 2.24) is 0 Å². The van der Waals surface area contributed by atoms with E-state index in [-0.39, 0.29) is 0 Å². The molecule has 53 valence electrons. The van der Waals surface area contributed by atoms with E-state index in [1.54, 1.807) is 0 Å². The van der Waals surface area contributed by atoms with E-state index in [2.05, 4.69) is 39.0 Å². The van der Waals surface area contributed by atoms with Crippen LogP contribution in [0.3, 0.4) is 0 Å². The second-order valence-corrected chi connectivity index (χ2v) is 2.55. The highest BCUT2D eigenvalue weighted by atomic mass is 14.0. The molecular formula is C10H13. The maximum atomic E-state index is 3.93. The molecule has 0 saturated carbocycles. The van der Waals surface area contributed by atoms with Gasteiger partial charge in [-0.3, -0.25) is 0 Å². The van der Waals surface area contributed by atoms with Crippen molar-refractivity contribution < 1.29 is 0 Å². The SMILES string of the molecule is [CH2]c1cccc(CC)c1C. The van der Waals surface area contributed by atoms with Gasteiger partial charge in [0.1, 0.15) is 0 Å². The van der Waals surface area contributed by atoms with E-state index in [1.165, 1.54) is 11.1 Å². The summed E-state index contributed by atoms with van der Waals surface area (Å²) in [6, 6.07) is 6.27. The van der Waals surface area contributed by atoms with Crippen LogP contribution < -0.4 is 0 Å². The van der Waals surface area contributed by atoms with E-state index in [9.17, 15) is 0 Å². The van der Waals surface area contributed by atoms with Gasteiger partial charge in [0.2, 0.25) is 0 Å². The minimum atomic E-state index is 1.11. The molecule has 0 nitrogen and oxygen atoms in total. The van der Waals surface area contributed by atoms with Gasteiger partial charge < -0.3 is 0 Å². The van der Waals surface area contributed by atoms with Crippen LogP contribution in [0.4, 0.5) is 0 Å². The lowest BCUT2D eigenvalue weighted by molar-refractivity contribution is 1.10. The topological polar surface area (TPSA) is 0 Å². The van der Waals surface area contributed by atoms with Crippen molar-refractivity contribution in [2.75, 3.05) is 0 Å². The van der Waals surface area contributed by atoms with Crippen molar-refractivity contribution in [1.29, 1.82) is 0 Å². The van der Waals surface area contributed by atoms with Gasteiger partial charge >= 0.3 is 0 Å². The largest absolute Gasteiger partial charge is 0.0617 e. The summed E-state index contributed by atoms with van der Waals surface area (Å²) >= 11 is 0. The van der Waals surface area contributed by atoms with Gasteiger partial charge in [-0.15, -0.1) is 0 Å². The minimum absolute atomic E-state index is 1.11. The fraction of sp³-hybridized carbons (Fsp3) is 0.300. The molecule has 1 aromatic rings. The lowest BCUT2D eigenvalue weighted by atomic mass is 10.0. The van der Waals surface area contributed by atoms with Crippen LogP contribution in [-0.4, -0.2) is 0 Å². The molecule has 10 heavy (non-hydrogen) atoms. The second-order valence-electron chi connectivity index (χ2n) is 2.55. The zero-order valence-electron chi connectivity index (χ0n) is 6.65. The van der Waals surface area contributed by atoms with E-state index in [4.69, 9.17) is 0 Å². The van der Waals surface area contributed by atoms with Crippen LogP contribution in [0.15, 0.2) is 18.2 Å². The third kappa shape index (κ3) is 1.21. The van der Waals surface area contributed by atoms with Crippen molar-refractivity contribution in [3.8, 4) is 0 Å². The molecule has 0 fully saturated rings. The highest BCUT2D eigenvalue weighted by molar-refractivity contribution is 5.35. The third-order valence-corrected chi connectivity index (χ3v) is 1.94. The first-order valence-electron chi connectivity index (χ1n) is 3.66. The Morgan fingerprint density at radius 3 is 2.60 bits per heavy atom. The molecule has 0 atom stereocenters. The van der Waals surface area contributed by atoms with E-state index < -0.39 is 0 Å². The number of aryl methyl sites for hydroxylation is 1. The molecule has 0 spiro atoms. The van der Waals surface area contributed by atoms with Crippen LogP contribution in [0.25, 0.3) is 0 Å². The number of rotatable bonds is 1.